The van der Waals surface area contributed by atoms with Gasteiger partial charge in [0.05, 0.1) is 4.92 Å². The van der Waals surface area contributed by atoms with Crippen LogP contribution in [0.5, 0.6) is 6.01 Å². The number of benzene rings is 1. The molecule has 0 amide bonds. The fourth-order valence-corrected chi connectivity index (χ4v) is 1.25. The van der Waals surface area contributed by atoms with Crippen molar-refractivity contribution in [2.75, 3.05) is 0 Å². The first-order valence-electron chi connectivity index (χ1n) is 4.63. The van der Waals surface area contributed by atoms with E-state index in [9.17, 15) is 14.9 Å². The van der Waals surface area contributed by atoms with Crippen LogP contribution in [0, 0.1) is 10.1 Å². The number of nitro benzene ring substituents is 1. The van der Waals surface area contributed by atoms with Gasteiger partial charge in [0.25, 0.3) is 5.69 Å². The Morgan fingerprint density at radius 2 is 2.18 bits per heavy atom. The predicted octanol–water partition coefficient (Wildman–Crippen LogP) is 1.54. The van der Waals surface area contributed by atoms with Crippen LogP contribution in [0.15, 0.2) is 36.7 Å². The Kier molecular flexibility index (Phi) is 2.82. The van der Waals surface area contributed by atoms with Crippen molar-refractivity contribution in [3.05, 3.63) is 52.3 Å². The molecule has 0 bridgehead atoms. The number of imidazole rings is 1. The molecule has 1 aromatic carbocycles. The second-order valence-corrected chi connectivity index (χ2v) is 3.06. The Hall–Kier alpha value is -2.70. The molecule has 0 saturated heterocycles. The lowest BCUT2D eigenvalue weighted by atomic mass is 10.2. The van der Waals surface area contributed by atoms with Gasteiger partial charge in [-0.2, -0.15) is 0 Å². The van der Waals surface area contributed by atoms with Gasteiger partial charge in [0, 0.05) is 18.5 Å². The highest BCUT2D eigenvalue weighted by Gasteiger charge is 2.21. The van der Waals surface area contributed by atoms with Crippen LogP contribution in [-0.2, 0) is 0 Å². The van der Waals surface area contributed by atoms with E-state index in [4.69, 9.17) is 4.74 Å². The van der Waals surface area contributed by atoms with Crippen molar-refractivity contribution >= 4 is 11.7 Å². The number of nitrogens with zero attached hydrogens (tertiary/aromatic N) is 2. The van der Waals surface area contributed by atoms with E-state index in [-0.39, 0.29) is 17.3 Å². The molecule has 7 nitrogen and oxygen atoms in total. The average Bonchev–Trinajstić information content (AvgIpc) is 2.81. The molecule has 1 N–H and O–H groups in total. The zero-order chi connectivity index (χ0) is 12.3. The molecule has 0 radical (unpaired) electrons. The van der Waals surface area contributed by atoms with E-state index in [1.54, 1.807) is 0 Å². The first kappa shape index (κ1) is 10.8. The van der Waals surface area contributed by atoms with Crippen LogP contribution in [0.25, 0.3) is 0 Å². The minimum atomic E-state index is -0.827. The molecule has 0 aliphatic carbocycles. The number of carbonyl (C=O) groups excluding carboxylic acids is 1. The van der Waals surface area contributed by atoms with Crippen molar-refractivity contribution < 1.29 is 14.5 Å². The van der Waals surface area contributed by atoms with E-state index < -0.39 is 10.9 Å². The number of aromatic nitrogens is 2. The van der Waals surface area contributed by atoms with Crippen LogP contribution in [-0.4, -0.2) is 20.9 Å². The quantitative estimate of drug-likeness (QED) is 0.492. The lowest BCUT2D eigenvalue weighted by Crippen LogP contribution is -2.11. The summed E-state index contributed by atoms with van der Waals surface area (Å²) < 4.78 is 4.82. The van der Waals surface area contributed by atoms with E-state index >= 15 is 0 Å². The molecule has 0 unspecified atom stereocenters. The molecular formula is C10H7N3O4. The molecule has 17 heavy (non-hydrogen) atoms. The normalized spacial score (nSPS) is 9.88. The van der Waals surface area contributed by atoms with Crippen LogP contribution in [0.3, 0.4) is 0 Å². The van der Waals surface area contributed by atoms with Gasteiger partial charge in [-0.05, 0) is 6.07 Å². The second-order valence-electron chi connectivity index (χ2n) is 3.06. The van der Waals surface area contributed by atoms with Crippen LogP contribution >= 0.6 is 0 Å². The number of aromatic amines is 1. The third kappa shape index (κ3) is 2.28. The smallest absolute Gasteiger partial charge is 0.352 e. The number of rotatable bonds is 3. The zero-order valence-electron chi connectivity index (χ0n) is 8.49. The van der Waals surface area contributed by atoms with Crippen molar-refractivity contribution in [2.24, 2.45) is 0 Å². The summed E-state index contributed by atoms with van der Waals surface area (Å²) in [5.74, 6) is -0.827. The highest BCUT2D eigenvalue weighted by Crippen LogP contribution is 2.18. The molecule has 0 spiro atoms. The molecule has 1 aromatic heterocycles. The Bertz CT molecular complexity index is 550. The number of carbonyl (C=O) groups is 1. The van der Waals surface area contributed by atoms with Gasteiger partial charge < -0.3 is 9.72 Å². The number of ether oxygens (including phenoxy) is 1. The van der Waals surface area contributed by atoms with Gasteiger partial charge in [0.2, 0.25) is 0 Å². The zero-order valence-corrected chi connectivity index (χ0v) is 8.49. The molecule has 0 saturated carbocycles. The van der Waals surface area contributed by atoms with E-state index in [1.807, 2.05) is 0 Å². The van der Waals surface area contributed by atoms with E-state index in [1.165, 1.54) is 36.7 Å². The molecule has 2 aromatic rings. The third-order valence-electron chi connectivity index (χ3n) is 1.98. The number of hydrogen-bond donors (Lipinski definition) is 1. The van der Waals surface area contributed by atoms with Gasteiger partial charge >= 0.3 is 12.0 Å². The van der Waals surface area contributed by atoms with Gasteiger partial charge in [-0.1, -0.05) is 12.1 Å². The van der Waals surface area contributed by atoms with Crippen molar-refractivity contribution in [3.63, 3.8) is 0 Å². The summed E-state index contributed by atoms with van der Waals surface area (Å²) >= 11 is 0. The third-order valence-corrected chi connectivity index (χ3v) is 1.98. The Morgan fingerprint density at radius 1 is 1.41 bits per heavy atom. The SMILES string of the molecule is O=C(Oc1ncc[nH]1)c1ccccc1[N+](=O)[O-]. The van der Waals surface area contributed by atoms with Crippen molar-refractivity contribution in [1.82, 2.24) is 9.97 Å². The fraction of sp³-hybridized carbons (Fsp3) is 0. The van der Waals surface area contributed by atoms with Gasteiger partial charge in [-0.3, -0.25) is 10.1 Å². The summed E-state index contributed by atoms with van der Waals surface area (Å²) in [6.45, 7) is 0. The molecular weight excluding hydrogens is 226 g/mol. The standard InChI is InChI=1S/C10H7N3O4/c14-9(17-10-11-5-6-12-10)7-3-1-2-4-8(7)13(15)16/h1-6H,(H,11,12). The van der Waals surface area contributed by atoms with Crippen LogP contribution in [0.2, 0.25) is 0 Å². The largest absolute Gasteiger partial charge is 0.388 e. The van der Waals surface area contributed by atoms with E-state index in [2.05, 4.69) is 9.97 Å². The van der Waals surface area contributed by atoms with Gasteiger partial charge in [-0.15, -0.1) is 0 Å². The second kappa shape index (κ2) is 4.44. The minimum absolute atomic E-state index is 0.00634. The van der Waals surface area contributed by atoms with E-state index in [0.29, 0.717) is 0 Å². The van der Waals surface area contributed by atoms with Crippen molar-refractivity contribution in [1.29, 1.82) is 0 Å². The first-order valence-corrected chi connectivity index (χ1v) is 4.63. The van der Waals surface area contributed by atoms with E-state index in [0.717, 1.165) is 0 Å². The van der Waals surface area contributed by atoms with Gasteiger partial charge in [0.1, 0.15) is 5.56 Å². The summed E-state index contributed by atoms with van der Waals surface area (Å²) in [4.78, 5) is 28.0. The average molecular weight is 233 g/mol. The topological polar surface area (TPSA) is 98.1 Å². The lowest BCUT2D eigenvalue weighted by Gasteiger charge is -2.01. The van der Waals surface area contributed by atoms with Crippen LogP contribution < -0.4 is 4.74 Å². The van der Waals surface area contributed by atoms with Gasteiger partial charge in [-0.25, -0.2) is 9.78 Å². The Balaban J connectivity index is 2.28. The summed E-state index contributed by atoms with van der Waals surface area (Å²) in [7, 11) is 0. The Labute approximate surface area is 95.2 Å². The number of hydrogen-bond acceptors (Lipinski definition) is 5. The number of esters is 1. The molecule has 7 heteroatoms. The summed E-state index contributed by atoms with van der Waals surface area (Å²) in [6, 6.07) is 5.54. The van der Waals surface area contributed by atoms with Crippen molar-refractivity contribution in [3.8, 4) is 6.01 Å². The number of para-hydroxylation sites is 1. The molecule has 0 aliphatic rings. The monoisotopic (exact) mass is 233 g/mol. The van der Waals surface area contributed by atoms with Crippen LogP contribution in [0.1, 0.15) is 10.4 Å². The maximum absolute atomic E-state index is 11.7. The fourth-order valence-electron chi connectivity index (χ4n) is 1.25. The summed E-state index contributed by atoms with van der Waals surface area (Å²) in [5, 5.41) is 10.7. The van der Waals surface area contributed by atoms with Gasteiger partial charge in [0.15, 0.2) is 0 Å². The number of nitro groups is 1. The molecule has 1 heterocycles. The molecule has 86 valence electrons. The molecule has 0 fully saturated rings. The minimum Gasteiger partial charge on any atom is -0.388 e. The summed E-state index contributed by atoms with van der Waals surface area (Å²) in [6.07, 6.45) is 2.88. The first-order chi connectivity index (χ1) is 8.18. The number of H-pyrrole nitrogens is 1. The maximum atomic E-state index is 11.7. The molecule has 2 rings (SSSR count). The summed E-state index contributed by atoms with van der Waals surface area (Å²) in [5.41, 5.74) is -0.419. The number of nitrogens with one attached hydrogen (secondary N) is 1. The molecule has 0 atom stereocenters. The van der Waals surface area contributed by atoms with Crippen LogP contribution in [0.4, 0.5) is 5.69 Å². The highest BCUT2D eigenvalue weighted by molar-refractivity contribution is 5.94. The molecule has 0 aliphatic heterocycles. The lowest BCUT2D eigenvalue weighted by molar-refractivity contribution is -0.385. The highest BCUT2D eigenvalue weighted by atomic mass is 16.6. The Morgan fingerprint density at radius 3 is 2.82 bits per heavy atom. The van der Waals surface area contributed by atoms with Crippen molar-refractivity contribution in [2.45, 2.75) is 0 Å². The predicted molar refractivity (Wildman–Crippen MR) is 56.6 cm³/mol. The maximum Gasteiger partial charge on any atom is 0.352 e.